The molecule has 1 aromatic carbocycles. The zero-order valence-corrected chi connectivity index (χ0v) is 8.40. The van der Waals surface area contributed by atoms with Gasteiger partial charge >= 0.3 is 6.18 Å². The molecule has 0 N–H and O–H groups in total. The molecule has 0 radical (unpaired) electrons. The van der Waals surface area contributed by atoms with Crippen molar-refractivity contribution in [3.63, 3.8) is 0 Å². The lowest BCUT2D eigenvalue weighted by atomic mass is 10.1. The van der Waals surface area contributed by atoms with Crippen molar-refractivity contribution in [1.82, 2.24) is 0 Å². The maximum atomic E-state index is 11.9. The molecule has 1 atom stereocenters. The lowest BCUT2D eigenvalue weighted by molar-refractivity contribution is -0.134. The van der Waals surface area contributed by atoms with Crippen LogP contribution < -0.4 is 0 Å². The standard InChI is InChI=1S/C9H9F3O2S/c10-9(11,12)6-5-7-3-1-2-4-8(7)15(13)14/h1-4H,5-6H2,(H,13,14)/p-1. The topological polar surface area (TPSA) is 40.1 Å². The highest BCUT2D eigenvalue weighted by Crippen LogP contribution is 2.24. The summed E-state index contributed by atoms with van der Waals surface area (Å²) in [7, 11) is 0. The third-order valence-electron chi connectivity index (χ3n) is 1.83. The maximum Gasteiger partial charge on any atom is 0.389 e. The Morgan fingerprint density at radius 3 is 2.40 bits per heavy atom. The van der Waals surface area contributed by atoms with Gasteiger partial charge in [0, 0.05) is 11.3 Å². The van der Waals surface area contributed by atoms with Gasteiger partial charge in [-0.2, -0.15) is 13.2 Å². The van der Waals surface area contributed by atoms with Crippen LogP contribution in [0.15, 0.2) is 29.2 Å². The Bertz CT molecular complexity index is 363. The molecule has 0 amide bonds. The van der Waals surface area contributed by atoms with Crippen molar-refractivity contribution in [3.8, 4) is 0 Å². The summed E-state index contributed by atoms with van der Waals surface area (Å²) in [5.41, 5.74) is 0.197. The third-order valence-corrected chi connectivity index (χ3v) is 2.59. The van der Waals surface area contributed by atoms with Gasteiger partial charge in [-0.1, -0.05) is 18.2 Å². The summed E-state index contributed by atoms with van der Waals surface area (Å²) < 4.78 is 57.1. The fourth-order valence-corrected chi connectivity index (χ4v) is 1.72. The fourth-order valence-electron chi connectivity index (χ4n) is 1.15. The van der Waals surface area contributed by atoms with Gasteiger partial charge in [0.05, 0.1) is 0 Å². The van der Waals surface area contributed by atoms with Gasteiger partial charge < -0.3 is 4.55 Å². The van der Waals surface area contributed by atoms with E-state index in [-0.39, 0.29) is 16.9 Å². The number of hydrogen-bond donors (Lipinski definition) is 0. The normalized spacial score (nSPS) is 13.9. The van der Waals surface area contributed by atoms with E-state index in [1.165, 1.54) is 24.3 Å². The first-order valence-corrected chi connectivity index (χ1v) is 5.21. The maximum absolute atomic E-state index is 11.9. The van der Waals surface area contributed by atoms with Crippen LogP contribution in [0.1, 0.15) is 12.0 Å². The Hall–Kier alpha value is -0.880. The van der Waals surface area contributed by atoms with E-state index >= 15 is 0 Å². The van der Waals surface area contributed by atoms with Crippen LogP contribution in [0.3, 0.4) is 0 Å². The molecule has 0 saturated carbocycles. The van der Waals surface area contributed by atoms with Crippen LogP contribution in [0.25, 0.3) is 0 Å². The Morgan fingerprint density at radius 2 is 1.87 bits per heavy atom. The van der Waals surface area contributed by atoms with Gasteiger partial charge in [-0.3, -0.25) is 4.21 Å². The molecular formula is C9H8F3O2S-. The molecule has 0 aliphatic rings. The first-order valence-electron chi connectivity index (χ1n) is 4.14. The van der Waals surface area contributed by atoms with E-state index in [0.29, 0.717) is 0 Å². The van der Waals surface area contributed by atoms with Crippen LogP contribution in [0.4, 0.5) is 13.2 Å². The molecule has 6 heteroatoms. The molecule has 0 bridgehead atoms. The highest BCUT2D eigenvalue weighted by Gasteiger charge is 2.26. The van der Waals surface area contributed by atoms with E-state index in [1.54, 1.807) is 0 Å². The predicted octanol–water partition coefficient (Wildman–Crippen LogP) is 2.42. The molecular weight excluding hydrogens is 229 g/mol. The van der Waals surface area contributed by atoms with Gasteiger partial charge in [-0.15, -0.1) is 0 Å². The van der Waals surface area contributed by atoms with Crippen molar-refractivity contribution < 1.29 is 21.9 Å². The molecule has 0 heterocycles. The summed E-state index contributed by atoms with van der Waals surface area (Å²) in [6.07, 6.45) is -5.59. The summed E-state index contributed by atoms with van der Waals surface area (Å²) >= 11 is -2.49. The molecule has 0 spiro atoms. The smallest absolute Gasteiger partial charge is 0.389 e. The zero-order chi connectivity index (χ0) is 11.5. The van der Waals surface area contributed by atoms with Gasteiger partial charge in [-0.25, -0.2) is 0 Å². The third kappa shape index (κ3) is 4.01. The van der Waals surface area contributed by atoms with Crippen molar-refractivity contribution in [1.29, 1.82) is 0 Å². The SMILES string of the molecule is O=S([O-])c1ccccc1CCC(F)(F)F. The number of hydrogen-bond acceptors (Lipinski definition) is 2. The van der Waals surface area contributed by atoms with Gasteiger partial charge in [-0.05, 0) is 29.1 Å². The molecule has 1 unspecified atom stereocenters. The first kappa shape index (κ1) is 12.2. The minimum absolute atomic E-state index is 0.0678. The molecule has 0 aliphatic carbocycles. The van der Waals surface area contributed by atoms with Gasteiger partial charge in [0.15, 0.2) is 0 Å². The average Bonchev–Trinajstić information content (AvgIpc) is 2.14. The van der Waals surface area contributed by atoms with E-state index in [0.717, 1.165) is 0 Å². The van der Waals surface area contributed by atoms with Crippen LogP contribution in [-0.4, -0.2) is 14.9 Å². The number of alkyl halides is 3. The zero-order valence-electron chi connectivity index (χ0n) is 7.58. The second-order valence-corrected chi connectivity index (χ2v) is 3.87. The van der Waals surface area contributed by atoms with E-state index in [1.807, 2.05) is 0 Å². The molecule has 0 saturated heterocycles. The molecule has 15 heavy (non-hydrogen) atoms. The lowest BCUT2D eigenvalue weighted by Gasteiger charge is -2.12. The summed E-state index contributed by atoms with van der Waals surface area (Å²) in [5, 5.41) is 0. The summed E-state index contributed by atoms with van der Waals surface area (Å²) in [6, 6.07) is 5.66. The van der Waals surface area contributed by atoms with Gasteiger partial charge in [0.2, 0.25) is 0 Å². The first-order chi connectivity index (χ1) is 6.90. The molecule has 1 rings (SSSR count). The lowest BCUT2D eigenvalue weighted by Crippen LogP contribution is -2.09. The van der Waals surface area contributed by atoms with Crippen LogP contribution in [0, 0.1) is 0 Å². The Labute approximate surface area is 87.4 Å². The monoisotopic (exact) mass is 237 g/mol. The predicted molar refractivity (Wildman–Crippen MR) is 48.0 cm³/mol. The molecule has 0 aliphatic heterocycles. The summed E-state index contributed by atoms with van der Waals surface area (Å²) in [5.74, 6) is 0. The highest BCUT2D eigenvalue weighted by atomic mass is 32.2. The Balaban J connectivity index is 2.81. The fraction of sp³-hybridized carbons (Fsp3) is 0.333. The minimum atomic E-state index is -4.27. The number of aryl methyl sites for hydroxylation is 1. The number of halogens is 3. The second-order valence-electron chi connectivity index (χ2n) is 2.96. The second kappa shape index (κ2) is 4.76. The Kier molecular flexibility index (Phi) is 3.87. The Morgan fingerprint density at radius 1 is 1.27 bits per heavy atom. The van der Waals surface area contributed by atoms with Crippen LogP contribution >= 0.6 is 0 Å². The van der Waals surface area contributed by atoms with E-state index < -0.39 is 23.7 Å². The van der Waals surface area contributed by atoms with Crippen LogP contribution in [-0.2, 0) is 17.5 Å². The molecule has 2 nitrogen and oxygen atoms in total. The van der Waals surface area contributed by atoms with Crippen molar-refractivity contribution >= 4 is 11.1 Å². The quantitative estimate of drug-likeness (QED) is 0.757. The molecule has 0 aromatic heterocycles. The van der Waals surface area contributed by atoms with Crippen molar-refractivity contribution in [3.05, 3.63) is 29.8 Å². The molecule has 1 aromatic rings. The van der Waals surface area contributed by atoms with Gasteiger partial charge in [0.25, 0.3) is 0 Å². The van der Waals surface area contributed by atoms with Crippen molar-refractivity contribution in [2.75, 3.05) is 0 Å². The highest BCUT2D eigenvalue weighted by molar-refractivity contribution is 7.79. The minimum Gasteiger partial charge on any atom is -0.768 e. The van der Waals surface area contributed by atoms with Crippen molar-refractivity contribution in [2.24, 2.45) is 0 Å². The van der Waals surface area contributed by atoms with E-state index in [4.69, 9.17) is 0 Å². The van der Waals surface area contributed by atoms with Crippen LogP contribution in [0.2, 0.25) is 0 Å². The summed E-state index contributed by atoms with van der Waals surface area (Å²) in [6.45, 7) is 0. The number of benzene rings is 1. The largest absolute Gasteiger partial charge is 0.768 e. The van der Waals surface area contributed by atoms with Crippen LogP contribution in [0.5, 0.6) is 0 Å². The van der Waals surface area contributed by atoms with Gasteiger partial charge in [0.1, 0.15) is 0 Å². The molecule has 0 fully saturated rings. The van der Waals surface area contributed by atoms with E-state index in [2.05, 4.69) is 0 Å². The summed E-state index contributed by atoms with van der Waals surface area (Å²) in [4.78, 5) is -0.0678. The van der Waals surface area contributed by atoms with E-state index in [9.17, 15) is 21.9 Å². The number of rotatable bonds is 3. The average molecular weight is 237 g/mol. The van der Waals surface area contributed by atoms with Crippen molar-refractivity contribution in [2.45, 2.75) is 23.9 Å². The molecule has 84 valence electrons.